The lowest BCUT2D eigenvalue weighted by molar-refractivity contribution is 1.39. The quantitative estimate of drug-likeness (QED) is 0.396. The summed E-state index contributed by atoms with van der Waals surface area (Å²) in [6.45, 7) is 1.43. The van der Waals surface area contributed by atoms with Gasteiger partial charge in [0.15, 0.2) is 0 Å². The average molecular weight is 371 g/mol. The van der Waals surface area contributed by atoms with Crippen LogP contribution in [0.5, 0.6) is 0 Å². The van der Waals surface area contributed by atoms with Gasteiger partial charge in [0.1, 0.15) is 0 Å². The third-order valence-corrected chi connectivity index (χ3v) is 3.86. The van der Waals surface area contributed by atoms with Gasteiger partial charge in [-0.05, 0) is 36.4 Å². The van der Waals surface area contributed by atoms with Crippen molar-refractivity contribution in [2.24, 2.45) is 0 Å². The minimum absolute atomic E-state index is 0.889. The van der Waals surface area contributed by atoms with Gasteiger partial charge >= 0.3 is 0 Å². The van der Waals surface area contributed by atoms with Gasteiger partial charge in [-0.2, -0.15) is 5.26 Å². The van der Waals surface area contributed by atoms with Gasteiger partial charge in [-0.1, -0.05) is 60.1 Å². The number of para-hydroxylation sites is 2. The normalized spacial score (nSPS) is 9.52. The Labute approximate surface area is 170 Å². The van der Waals surface area contributed by atoms with E-state index in [9.17, 15) is 0 Å². The summed E-state index contributed by atoms with van der Waals surface area (Å²) in [5.41, 5.74) is 3.73. The van der Waals surface area contributed by atoms with Crippen molar-refractivity contribution >= 4 is 21.8 Å². The molecule has 2 aromatic carbocycles. The Hall–Kier alpha value is -4.39. The van der Waals surface area contributed by atoms with Gasteiger partial charge < -0.3 is 0 Å². The molecule has 0 fully saturated rings. The molecule has 0 unspecified atom stereocenters. The summed E-state index contributed by atoms with van der Waals surface area (Å²) in [5, 5.41) is 9.50. The molecule has 0 aliphatic rings. The van der Waals surface area contributed by atoms with Crippen LogP contribution in [0.1, 0.15) is 18.1 Å². The molecular formula is C26H17N3. The number of rotatable bonds is 0. The molecule has 2 aromatic heterocycles. The van der Waals surface area contributed by atoms with Crippen LogP contribution in [0, 0.1) is 35.0 Å². The topological polar surface area (TPSA) is 49.6 Å². The Morgan fingerprint density at radius 2 is 1.14 bits per heavy atom. The number of nitriles is 1. The van der Waals surface area contributed by atoms with Crippen LogP contribution in [0.15, 0.2) is 85.2 Å². The van der Waals surface area contributed by atoms with Gasteiger partial charge in [0.2, 0.25) is 0 Å². The molecule has 0 aliphatic carbocycles. The number of aromatic nitrogens is 2. The maximum absolute atomic E-state index is 7.32. The van der Waals surface area contributed by atoms with Gasteiger partial charge in [0.25, 0.3) is 0 Å². The summed E-state index contributed by atoms with van der Waals surface area (Å²) in [6.07, 6.45) is 7.07. The van der Waals surface area contributed by atoms with Crippen LogP contribution < -0.4 is 0 Å². The van der Waals surface area contributed by atoms with Crippen molar-refractivity contribution < 1.29 is 0 Å². The van der Waals surface area contributed by atoms with Crippen LogP contribution in [-0.2, 0) is 0 Å². The fourth-order valence-corrected chi connectivity index (χ4v) is 2.61. The van der Waals surface area contributed by atoms with Crippen molar-refractivity contribution in [3.63, 3.8) is 0 Å². The van der Waals surface area contributed by atoms with E-state index in [-0.39, 0.29) is 0 Å². The number of hydrogen-bond donors (Lipinski definition) is 0. The van der Waals surface area contributed by atoms with Gasteiger partial charge in [-0.15, -0.1) is 0 Å². The largest absolute Gasteiger partial charge is 0.255 e. The second-order valence-corrected chi connectivity index (χ2v) is 5.93. The van der Waals surface area contributed by atoms with E-state index in [0.717, 1.165) is 32.9 Å². The highest BCUT2D eigenvalue weighted by atomic mass is 14.6. The van der Waals surface area contributed by atoms with Gasteiger partial charge in [-0.3, -0.25) is 9.97 Å². The molecule has 0 atom stereocenters. The summed E-state index contributed by atoms with van der Waals surface area (Å²) < 4.78 is 0. The van der Waals surface area contributed by atoms with Crippen molar-refractivity contribution in [2.45, 2.75) is 6.92 Å². The molecule has 0 radical (unpaired) electrons. The van der Waals surface area contributed by atoms with E-state index in [1.54, 1.807) is 30.6 Å². The predicted molar refractivity (Wildman–Crippen MR) is 118 cm³/mol. The summed E-state index contributed by atoms with van der Waals surface area (Å²) >= 11 is 0. The first kappa shape index (κ1) is 19.4. The van der Waals surface area contributed by atoms with Crippen LogP contribution in [-0.4, -0.2) is 9.97 Å². The number of fused-ring (bicyclic) bond motifs is 2. The minimum Gasteiger partial charge on any atom is -0.255 e. The second-order valence-electron chi connectivity index (χ2n) is 5.93. The number of benzene rings is 2. The fraction of sp³-hybridized carbons (Fsp3) is 0.0385. The summed E-state index contributed by atoms with van der Waals surface area (Å²) in [5.74, 6) is 12.1. The zero-order valence-electron chi connectivity index (χ0n) is 15.9. The van der Waals surface area contributed by atoms with Gasteiger partial charge in [0.05, 0.1) is 17.1 Å². The zero-order valence-corrected chi connectivity index (χ0v) is 15.9. The van der Waals surface area contributed by atoms with Crippen LogP contribution in [0.2, 0.25) is 0 Å². The van der Waals surface area contributed by atoms with E-state index in [0.29, 0.717) is 0 Å². The van der Waals surface area contributed by atoms with E-state index in [2.05, 4.69) is 33.6 Å². The Morgan fingerprint density at radius 3 is 1.59 bits per heavy atom. The number of hydrogen-bond acceptors (Lipinski definition) is 3. The van der Waals surface area contributed by atoms with Crippen molar-refractivity contribution in [3.05, 3.63) is 96.3 Å². The molecule has 4 aromatic rings. The third kappa shape index (κ3) is 5.54. The lowest BCUT2D eigenvalue weighted by atomic mass is 10.1. The van der Waals surface area contributed by atoms with E-state index in [1.165, 1.54) is 6.92 Å². The highest BCUT2D eigenvalue weighted by Gasteiger charge is 1.94. The first-order chi connectivity index (χ1) is 14.3. The second kappa shape index (κ2) is 10.1. The molecule has 2 heterocycles. The molecule has 0 saturated carbocycles. The Balaban J connectivity index is 0.000000755. The first-order valence-corrected chi connectivity index (χ1v) is 8.98. The molecule has 0 aliphatic heterocycles. The minimum atomic E-state index is 0.889. The number of nitrogens with zero attached hydrogens (tertiary/aromatic N) is 3. The van der Waals surface area contributed by atoms with E-state index >= 15 is 0 Å². The maximum Gasteiger partial charge on any atom is 0.0702 e. The summed E-state index contributed by atoms with van der Waals surface area (Å²) in [4.78, 5) is 8.80. The summed E-state index contributed by atoms with van der Waals surface area (Å²) in [6, 6.07) is 21.8. The van der Waals surface area contributed by atoms with Gasteiger partial charge in [-0.25, -0.2) is 0 Å². The molecule has 0 spiro atoms. The molecule has 29 heavy (non-hydrogen) atoms. The van der Waals surface area contributed by atoms with E-state index in [1.807, 2.05) is 60.7 Å². The molecule has 4 rings (SSSR count). The maximum atomic E-state index is 7.32. The smallest absolute Gasteiger partial charge is 0.0702 e. The Bertz CT molecular complexity index is 1240. The van der Waals surface area contributed by atoms with E-state index < -0.39 is 0 Å². The van der Waals surface area contributed by atoms with Crippen LogP contribution in [0.3, 0.4) is 0 Å². The monoisotopic (exact) mass is 371 g/mol. The van der Waals surface area contributed by atoms with Crippen LogP contribution in [0.25, 0.3) is 21.8 Å². The highest BCUT2D eigenvalue weighted by molar-refractivity contribution is 5.80. The van der Waals surface area contributed by atoms with Crippen molar-refractivity contribution in [3.8, 4) is 29.8 Å². The molecular weight excluding hydrogens is 354 g/mol. The highest BCUT2D eigenvalue weighted by Crippen LogP contribution is 2.12. The van der Waals surface area contributed by atoms with E-state index in [4.69, 9.17) is 5.26 Å². The molecule has 0 saturated heterocycles. The molecule has 3 heteroatoms. The molecule has 0 bridgehead atoms. The molecule has 0 N–H and O–H groups in total. The molecule has 3 nitrogen and oxygen atoms in total. The van der Waals surface area contributed by atoms with Crippen molar-refractivity contribution in [1.29, 1.82) is 5.26 Å². The third-order valence-electron chi connectivity index (χ3n) is 3.86. The predicted octanol–water partition coefficient (Wildman–Crippen LogP) is 5.27. The van der Waals surface area contributed by atoms with Crippen molar-refractivity contribution in [1.82, 2.24) is 9.97 Å². The van der Waals surface area contributed by atoms with Crippen LogP contribution in [0.4, 0.5) is 0 Å². The van der Waals surface area contributed by atoms with Crippen LogP contribution >= 0.6 is 0 Å². The first-order valence-electron chi connectivity index (χ1n) is 8.98. The van der Waals surface area contributed by atoms with Gasteiger partial charge in [0, 0.05) is 41.2 Å². The molecule has 0 amide bonds. The lowest BCUT2D eigenvalue weighted by Gasteiger charge is -1.96. The SMILES string of the molecule is C(#Cc1cnc2ccccc2c1)/C=C\C#Cc1cnc2ccccc2c1.CC#N. The number of pyridine rings is 2. The zero-order chi connectivity index (χ0) is 20.3. The standard InChI is InChI=1S/C24H14N2.C2H3N/c1(3-9-19-15-21-11-5-7-13-23(21)25-17-19)2-4-10-20-16-22-12-6-8-14-24(22)26-18-20;1-2-3/h1-2,5-8,11-18H;1H3/b2-1-;. The fourth-order valence-electron chi connectivity index (χ4n) is 2.61. The lowest BCUT2D eigenvalue weighted by Crippen LogP contribution is -1.81. The Morgan fingerprint density at radius 1 is 0.724 bits per heavy atom. The summed E-state index contributed by atoms with van der Waals surface area (Å²) in [7, 11) is 0. The number of allylic oxidation sites excluding steroid dienone is 2. The Kier molecular flexibility index (Phi) is 6.73. The van der Waals surface area contributed by atoms with Crippen molar-refractivity contribution in [2.75, 3.05) is 0 Å². The average Bonchev–Trinajstić information content (AvgIpc) is 2.76. The molecule has 136 valence electrons.